The Labute approximate surface area is 173 Å². The molecule has 0 aromatic rings. The number of hydrogen-bond donors (Lipinski definition) is 1. The SMILES string of the molecule is CC/C=C\C/C=C\C/C=C\CCCCCCCC(=O)O.[K]. The minimum absolute atomic E-state index is 0. The summed E-state index contributed by atoms with van der Waals surface area (Å²) in [6.07, 6.45) is 23.4. The Kier molecular flexibility index (Phi) is 22.8. The minimum Gasteiger partial charge on any atom is -0.481 e. The van der Waals surface area contributed by atoms with Gasteiger partial charge in [0, 0.05) is 57.8 Å². The third-order valence-electron chi connectivity index (χ3n) is 3.04. The van der Waals surface area contributed by atoms with Crippen molar-refractivity contribution in [3.8, 4) is 0 Å². The number of carbonyl (C=O) groups is 1. The molecule has 115 valence electrons. The smallest absolute Gasteiger partial charge is 0.303 e. The first kappa shape index (κ1) is 23.6. The summed E-state index contributed by atoms with van der Waals surface area (Å²) in [5.41, 5.74) is 0. The van der Waals surface area contributed by atoms with E-state index in [9.17, 15) is 4.79 Å². The van der Waals surface area contributed by atoms with Gasteiger partial charge in [-0.3, -0.25) is 4.79 Å². The van der Waals surface area contributed by atoms with Gasteiger partial charge in [0.1, 0.15) is 0 Å². The molecule has 21 heavy (non-hydrogen) atoms. The summed E-state index contributed by atoms with van der Waals surface area (Å²) in [5.74, 6) is -0.675. The van der Waals surface area contributed by atoms with Crippen molar-refractivity contribution in [2.45, 2.75) is 71.1 Å². The van der Waals surface area contributed by atoms with E-state index in [2.05, 4.69) is 43.4 Å². The summed E-state index contributed by atoms with van der Waals surface area (Å²) in [4.78, 5) is 10.3. The first-order chi connectivity index (χ1) is 9.77. The van der Waals surface area contributed by atoms with E-state index >= 15 is 0 Å². The second-order valence-electron chi connectivity index (χ2n) is 4.99. The monoisotopic (exact) mass is 317 g/mol. The van der Waals surface area contributed by atoms with E-state index < -0.39 is 5.97 Å². The molecule has 0 bridgehead atoms. The molecule has 0 saturated heterocycles. The topological polar surface area (TPSA) is 37.3 Å². The molecule has 1 N–H and O–H groups in total. The first-order valence-electron chi connectivity index (χ1n) is 7.94. The normalized spacial score (nSPS) is 11.5. The van der Waals surface area contributed by atoms with Gasteiger partial charge in [0.05, 0.1) is 0 Å². The fraction of sp³-hybridized carbons (Fsp3) is 0.611. The van der Waals surface area contributed by atoms with Crippen LogP contribution in [0.3, 0.4) is 0 Å². The van der Waals surface area contributed by atoms with Crippen LogP contribution in [0.25, 0.3) is 0 Å². The van der Waals surface area contributed by atoms with Gasteiger partial charge < -0.3 is 5.11 Å². The van der Waals surface area contributed by atoms with E-state index in [1.54, 1.807) is 0 Å². The Morgan fingerprint density at radius 3 is 1.95 bits per heavy atom. The van der Waals surface area contributed by atoms with Gasteiger partial charge in [-0.25, -0.2) is 0 Å². The predicted molar refractivity (Wildman–Crippen MR) is 92.7 cm³/mol. The summed E-state index contributed by atoms with van der Waals surface area (Å²) in [6, 6.07) is 0. The van der Waals surface area contributed by atoms with Gasteiger partial charge >= 0.3 is 5.97 Å². The molecule has 3 heteroatoms. The van der Waals surface area contributed by atoms with E-state index in [0.29, 0.717) is 6.42 Å². The van der Waals surface area contributed by atoms with Crippen LogP contribution in [-0.2, 0) is 4.79 Å². The van der Waals surface area contributed by atoms with Crippen LogP contribution in [0.5, 0.6) is 0 Å². The van der Waals surface area contributed by atoms with E-state index in [4.69, 9.17) is 5.11 Å². The van der Waals surface area contributed by atoms with E-state index in [0.717, 1.165) is 44.9 Å². The molecule has 1 radical (unpaired) electrons. The van der Waals surface area contributed by atoms with Crippen LogP contribution in [0.1, 0.15) is 71.1 Å². The molecule has 0 atom stereocenters. The van der Waals surface area contributed by atoms with E-state index in [-0.39, 0.29) is 51.4 Å². The Morgan fingerprint density at radius 1 is 0.810 bits per heavy atom. The summed E-state index contributed by atoms with van der Waals surface area (Å²) in [6.45, 7) is 2.15. The maximum absolute atomic E-state index is 10.3. The molecule has 0 aromatic heterocycles. The van der Waals surface area contributed by atoms with Gasteiger partial charge in [0.25, 0.3) is 0 Å². The summed E-state index contributed by atoms with van der Waals surface area (Å²) >= 11 is 0. The van der Waals surface area contributed by atoms with Gasteiger partial charge in [0.2, 0.25) is 0 Å². The van der Waals surface area contributed by atoms with Crippen molar-refractivity contribution >= 4 is 57.4 Å². The Morgan fingerprint density at radius 2 is 1.33 bits per heavy atom. The van der Waals surface area contributed by atoms with Crippen molar-refractivity contribution in [2.75, 3.05) is 0 Å². The fourth-order valence-corrected chi connectivity index (χ4v) is 1.90. The molecule has 0 aliphatic carbocycles. The van der Waals surface area contributed by atoms with Gasteiger partial charge in [-0.05, 0) is 38.5 Å². The Hall–Kier alpha value is 0.326. The standard InChI is InChI=1S/C18H30O2.K/c1-2-3-4-5-6-7-8-9-10-11-12-13-14-15-16-17-18(19)20;/h3-4,6-7,9-10H,2,5,8,11-17H2,1H3,(H,19,20);/b4-3-,7-6-,10-9-;. The zero-order valence-electron chi connectivity index (χ0n) is 13.9. The van der Waals surface area contributed by atoms with Crippen molar-refractivity contribution in [2.24, 2.45) is 0 Å². The predicted octanol–water partition coefficient (Wildman–Crippen LogP) is 5.28. The van der Waals surface area contributed by atoms with Crippen molar-refractivity contribution in [3.63, 3.8) is 0 Å². The molecule has 0 spiro atoms. The Bertz CT molecular complexity index is 306. The molecule has 0 aromatic carbocycles. The molecule has 0 fully saturated rings. The average molecular weight is 318 g/mol. The number of carboxylic acids is 1. The summed E-state index contributed by atoms with van der Waals surface area (Å²) in [5, 5.41) is 8.50. The van der Waals surface area contributed by atoms with Crippen LogP contribution in [0, 0.1) is 0 Å². The molecule has 0 unspecified atom stereocenters. The van der Waals surface area contributed by atoms with Crippen molar-refractivity contribution < 1.29 is 9.90 Å². The summed E-state index contributed by atoms with van der Waals surface area (Å²) < 4.78 is 0. The maximum atomic E-state index is 10.3. The number of hydrogen-bond acceptors (Lipinski definition) is 1. The van der Waals surface area contributed by atoms with Crippen molar-refractivity contribution in [1.29, 1.82) is 0 Å². The molecule has 0 aliphatic heterocycles. The molecular formula is C18H30KO2. The number of aliphatic carboxylic acids is 1. The van der Waals surface area contributed by atoms with Crippen LogP contribution in [-0.4, -0.2) is 62.5 Å². The molecular weight excluding hydrogens is 287 g/mol. The minimum atomic E-state index is -0.675. The number of unbranched alkanes of at least 4 members (excludes halogenated alkanes) is 5. The van der Waals surface area contributed by atoms with Crippen molar-refractivity contribution in [1.82, 2.24) is 0 Å². The van der Waals surface area contributed by atoms with E-state index in [1.165, 1.54) is 12.8 Å². The number of rotatable bonds is 13. The number of allylic oxidation sites excluding steroid dienone is 6. The number of carboxylic acid groups (broad SMARTS) is 1. The molecule has 0 heterocycles. The van der Waals surface area contributed by atoms with Crippen LogP contribution < -0.4 is 0 Å². The van der Waals surface area contributed by atoms with Crippen molar-refractivity contribution in [3.05, 3.63) is 36.5 Å². The van der Waals surface area contributed by atoms with E-state index in [1.807, 2.05) is 0 Å². The van der Waals surface area contributed by atoms with Gasteiger partial charge in [0.15, 0.2) is 0 Å². The third-order valence-corrected chi connectivity index (χ3v) is 3.04. The molecule has 0 aliphatic rings. The maximum Gasteiger partial charge on any atom is 0.303 e. The third kappa shape index (κ3) is 22.7. The second-order valence-corrected chi connectivity index (χ2v) is 4.99. The Balaban J connectivity index is 0. The quantitative estimate of drug-likeness (QED) is 0.285. The van der Waals surface area contributed by atoms with Crippen LogP contribution >= 0.6 is 0 Å². The average Bonchev–Trinajstić information content (AvgIpc) is 2.43. The molecule has 0 saturated carbocycles. The second kappa shape index (κ2) is 20.3. The van der Waals surface area contributed by atoms with Gasteiger partial charge in [-0.1, -0.05) is 62.6 Å². The first-order valence-corrected chi connectivity index (χ1v) is 7.94. The van der Waals surface area contributed by atoms with Crippen LogP contribution in [0.4, 0.5) is 0 Å². The van der Waals surface area contributed by atoms with Gasteiger partial charge in [-0.15, -0.1) is 0 Å². The van der Waals surface area contributed by atoms with Crippen LogP contribution in [0.2, 0.25) is 0 Å². The molecule has 0 rings (SSSR count). The molecule has 0 amide bonds. The zero-order chi connectivity index (χ0) is 14.9. The summed E-state index contributed by atoms with van der Waals surface area (Å²) in [7, 11) is 0. The zero-order valence-corrected chi connectivity index (χ0v) is 17.0. The van der Waals surface area contributed by atoms with Crippen LogP contribution in [0.15, 0.2) is 36.5 Å². The largest absolute Gasteiger partial charge is 0.481 e. The molecule has 2 nitrogen and oxygen atoms in total. The fourth-order valence-electron chi connectivity index (χ4n) is 1.90. The van der Waals surface area contributed by atoms with Gasteiger partial charge in [-0.2, -0.15) is 0 Å².